The summed E-state index contributed by atoms with van der Waals surface area (Å²) in [6.45, 7) is 13.3. The first-order chi connectivity index (χ1) is 8.45. The fourth-order valence-corrected chi connectivity index (χ4v) is 9.71. The Morgan fingerprint density at radius 2 is 1.32 bits per heavy atom. The van der Waals surface area contributed by atoms with Gasteiger partial charge in [-0.1, -0.05) is 33.9 Å². The molecule has 0 saturated heterocycles. The molecule has 0 rings (SSSR count). The van der Waals surface area contributed by atoms with Crippen LogP contribution in [0.4, 0.5) is 0 Å². The quantitative estimate of drug-likeness (QED) is 0.369. The number of rotatable bonds is 7. The van der Waals surface area contributed by atoms with Crippen LogP contribution in [0.5, 0.6) is 0 Å². The van der Waals surface area contributed by atoms with Crippen LogP contribution in [-0.4, -0.2) is 39.2 Å². The molecule has 1 atom stereocenters. The zero-order valence-electron chi connectivity index (χ0n) is 13.8. The van der Waals surface area contributed by atoms with Gasteiger partial charge >= 0.3 is 0 Å². The molecule has 0 bridgehead atoms. The van der Waals surface area contributed by atoms with E-state index < -0.39 is 14.3 Å². The smallest absolute Gasteiger partial charge is 0.0688 e. The predicted molar refractivity (Wildman–Crippen MR) is 91.6 cm³/mol. The Labute approximate surface area is 147 Å². The third-order valence-electron chi connectivity index (χ3n) is 2.62. The maximum Gasteiger partial charge on any atom is 0.0688 e. The minimum atomic E-state index is -1.39. The van der Waals surface area contributed by atoms with Gasteiger partial charge in [0.15, 0.2) is 0 Å². The maximum absolute atomic E-state index is 5.75. The van der Waals surface area contributed by atoms with Gasteiger partial charge in [0.05, 0.1) is 7.21 Å². The van der Waals surface area contributed by atoms with E-state index in [1.165, 1.54) is 44.8 Å². The van der Waals surface area contributed by atoms with Crippen molar-refractivity contribution in [2.24, 2.45) is 9.26 Å². The summed E-state index contributed by atoms with van der Waals surface area (Å²) >= 11 is 0. The van der Waals surface area contributed by atoms with Crippen molar-refractivity contribution >= 4 is 14.3 Å². The normalized spacial score (nSPS) is 13.5. The first kappa shape index (κ1) is 25.5. The molecule has 0 fully saturated rings. The topological polar surface area (TPSA) is 48.5 Å². The summed E-state index contributed by atoms with van der Waals surface area (Å²) in [6, 6.07) is 0. The van der Waals surface area contributed by atoms with Crippen LogP contribution in [-0.2, 0) is 32.7 Å². The van der Waals surface area contributed by atoms with Crippen molar-refractivity contribution < 1.29 is 32.7 Å². The van der Waals surface area contributed by atoms with Gasteiger partial charge in [-0.25, -0.2) is 0 Å². The standard InChI is InChI=1S/C12H29N2P2.CH4N.Y/c1-7-10-15(5,6)14-16(13-4,11-8-2)12-9-3;1-2;/h5,7-12H2,1-4,6H3;2H,1H3;/q2*-1;. The third kappa shape index (κ3) is 11.8. The fraction of sp³-hybridized carbons (Fsp3) is 0.923. The molecule has 0 aromatic carbocycles. The van der Waals surface area contributed by atoms with Crippen LogP contribution < -0.4 is 0 Å². The third-order valence-corrected chi connectivity index (χ3v) is 10.2. The summed E-state index contributed by atoms with van der Waals surface area (Å²) in [6.07, 6.45) is 7.14. The van der Waals surface area contributed by atoms with Gasteiger partial charge in [-0.3, -0.25) is 15.9 Å². The van der Waals surface area contributed by atoms with E-state index >= 15 is 0 Å². The molecule has 1 unspecified atom stereocenters. The van der Waals surface area contributed by atoms with Gasteiger partial charge in [-0.15, -0.1) is 0 Å². The van der Waals surface area contributed by atoms with Gasteiger partial charge in [0.25, 0.3) is 0 Å². The minimum Gasteiger partial charge on any atom is -0.680 e. The van der Waals surface area contributed by atoms with Crippen LogP contribution >= 0.6 is 14.3 Å². The second-order valence-electron chi connectivity index (χ2n) is 4.68. The van der Waals surface area contributed by atoms with Crippen LogP contribution in [0.3, 0.4) is 0 Å². The SMILES string of the molecule is C[NH-].[CH2-]P(C)(CCC)=NP(CCC)(CCC)=NC.[Y]. The van der Waals surface area contributed by atoms with Gasteiger partial charge in [0, 0.05) is 52.1 Å². The number of hydrogen-bond donors (Lipinski definition) is 0. The molecule has 115 valence electrons. The first-order valence-electron chi connectivity index (χ1n) is 6.88. The summed E-state index contributed by atoms with van der Waals surface area (Å²) in [7, 11) is 0.516. The predicted octanol–water partition coefficient (Wildman–Crippen LogP) is 6.25. The van der Waals surface area contributed by atoms with Crippen LogP contribution in [0.25, 0.3) is 5.73 Å². The van der Waals surface area contributed by atoms with Gasteiger partial charge in [-0.2, -0.15) is 14.1 Å². The number of nitrogens with one attached hydrogen (secondary N) is 1. The number of hydrogen-bond acceptors (Lipinski definition) is 1. The molecule has 0 aliphatic carbocycles. The Morgan fingerprint density at radius 3 is 1.58 bits per heavy atom. The first-order valence-corrected chi connectivity index (χ1v) is 11.5. The Balaban J connectivity index is -0.000000809. The van der Waals surface area contributed by atoms with Gasteiger partial charge in [-0.05, 0) is 19.0 Å². The van der Waals surface area contributed by atoms with Gasteiger partial charge in [0.1, 0.15) is 0 Å². The van der Waals surface area contributed by atoms with Crippen molar-refractivity contribution in [3.63, 3.8) is 0 Å². The Bertz CT molecular complexity index is 288. The summed E-state index contributed by atoms with van der Waals surface area (Å²) in [4.78, 5) is 0. The fourth-order valence-electron chi connectivity index (χ4n) is 2.09. The molecule has 0 aliphatic rings. The Morgan fingerprint density at radius 1 is 0.947 bits per heavy atom. The Hall–Kier alpha value is 1.52. The zero-order chi connectivity index (χ0) is 14.7. The molecule has 3 nitrogen and oxygen atoms in total. The molecule has 0 saturated carbocycles. The van der Waals surface area contributed by atoms with Crippen LogP contribution in [0.2, 0.25) is 0 Å². The molecule has 1 radical (unpaired) electrons. The van der Waals surface area contributed by atoms with Crippen LogP contribution in [0.15, 0.2) is 9.26 Å². The summed E-state index contributed by atoms with van der Waals surface area (Å²) < 4.78 is 9.87. The van der Waals surface area contributed by atoms with Crippen LogP contribution in [0.1, 0.15) is 40.0 Å². The largest absolute Gasteiger partial charge is 0.680 e. The van der Waals surface area contributed by atoms with Crippen molar-refractivity contribution in [3.05, 3.63) is 12.4 Å². The number of nitrogens with zero attached hydrogens (tertiary/aromatic N) is 2. The van der Waals surface area contributed by atoms with E-state index in [4.69, 9.17) is 15.0 Å². The van der Waals surface area contributed by atoms with Crippen LogP contribution in [0, 0.1) is 6.66 Å². The zero-order valence-corrected chi connectivity index (χ0v) is 18.4. The molecule has 0 aromatic heterocycles. The summed E-state index contributed by atoms with van der Waals surface area (Å²) in [5.41, 5.74) is 5.75. The van der Waals surface area contributed by atoms with Crippen molar-refractivity contribution in [1.29, 1.82) is 0 Å². The van der Waals surface area contributed by atoms with Crippen molar-refractivity contribution in [1.82, 2.24) is 0 Å². The average Bonchev–Trinajstić information content (AvgIpc) is 2.31. The van der Waals surface area contributed by atoms with E-state index in [9.17, 15) is 0 Å². The van der Waals surface area contributed by atoms with E-state index in [2.05, 4.69) is 34.1 Å². The van der Waals surface area contributed by atoms with Crippen molar-refractivity contribution in [2.75, 3.05) is 39.2 Å². The monoisotopic (exact) mass is 382 g/mol. The molecular formula is C13H33N3P2Y-2. The molecule has 6 heteroatoms. The van der Waals surface area contributed by atoms with Gasteiger partial charge in [0.2, 0.25) is 0 Å². The van der Waals surface area contributed by atoms with E-state index in [1.807, 2.05) is 7.05 Å². The maximum atomic E-state index is 5.75. The van der Waals surface area contributed by atoms with E-state index in [0.717, 1.165) is 0 Å². The van der Waals surface area contributed by atoms with Crippen molar-refractivity contribution in [3.8, 4) is 0 Å². The average molecular weight is 382 g/mol. The minimum absolute atomic E-state index is 0. The molecule has 0 spiro atoms. The molecule has 0 aliphatic heterocycles. The summed E-state index contributed by atoms with van der Waals surface area (Å²) in [5, 5.41) is 0. The van der Waals surface area contributed by atoms with Crippen molar-refractivity contribution in [2.45, 2.75) is 40.0 Å². The second kappa shape index (κ2) is 14.5. The van der Waals surface area contributed by atoms with E-state index in [1.54, 1.807) is 0 Å². The Kier molecular flexibility index (Phi) is 19.4. The molecule has 19 heavy (non-hydrogen) atoms. The van der Waals surface area contributed by atoms with E-state index in [-0.39, 0.29) is 32.7 Å². The van der Waals surface area contributed by atoms with Gasteiger partial charge < -0.3 is 5.73 Å². The second-order valence-corrected chi connectivity index (χ2v) is 11.6. The molecule has 0 heterocycles. The molecule has 1 N–H and O–H groups in total. The molecule has 0 amide bonds. The molecule has 0 aromatic rings. The molecular weight excluding hydrogens is 349 g/mol. The van der Waals surface area contributed by atoms with E-state index in [0.29, 0.717) is 0 Å². The summed E-state index contributed by atoms with van der Waals surface area (Å²) in [5.74, 6) is 0.